The maximum atomic E-state index is 5.85. The SMILES string of the molecule is CC(C)c1cc(N)nc(CSc2ccc(Cl)cc2)n1. The molecule has 100 valence electrons. The quantitative estimate of drug-likeness (QED) is 0.861. The van der Waals surface area contributed by atoms with Gasteiger partial charge in [-0.15, -0.1) is 11.8 Å². The molecule has 0 atom stereocenters. The van der Waals surface area contributed by atoms with E-state index in [-0.39, 0.29) is 0 Å². The average Bonchev–Trinajstić information content (AvgIpc) is 2.37. The number of hydrogen-bond donors (Lipinski definition) is 1. The first-order chi connectivity index (χ1) is 9.04. The number of nitrogens with two attached hydrogens (primary N) is 1. The Balaban J connectivity index is 2.08. The average molecular weight is 294 g/mol. The van der Waals surface area contributed by atoms with Crippen LogP contribution in [0.1, 0.15) is 31.3 Å². The number of anilines is 1. The predicted octanol–water partition coefficient (Wildman–Crippen LogP) is 4.13. The number of halogens is 1. The van der Waals surface area contributed by atoms with Crippen LogP contribution in [0.4, 0.5) is 5.82 Å². The van der Waals surface area contributed by atoms with Gasteiger partial charge in [-0.2, -0.15) is 0 Å². The zero-order valence-corrected chi connectivity index (χ0v) is 12.5. The van der Waals surface area contributed by atoms with Crippen LogP contribution < -0.4 is 5.73 Å². The molecule has 3 nitrogen and oxygen atoms in total. The lowest BCUT2D eigenvalue weighted by Crippen LogP contribution is -2.03. The van der Waals surface area contributed by atoms with E-state index < -0.39 is 0 Å². The molecule has 0 radical (unpaired) electrons. The van der Waals surface area contributed by atoms with Crippen LogP contribution in [0.2, 0.25) is 5.02 Å². The van der Waals surface area contributed by atoms with Crippen molar-refractivity contribution in [3.8, 4) is 0 Å². The van der Waals surface area contributed by atoms with Gasteiger partial charge in [-0.1, -0.05) is 25.4 Å². The fourth-order valence-electron chi connectivity index (χ4n) is 1.58. The third kappa shape index (κ3) is 4.11. The summed E-state index contributed by atoms with van der Waals surface area (Å²) in [6, 6.07) is 9.57. The molecule has 0 amide bonds. The van der Waals surface area contributed by atoms with Crippen LogP contribution >= 0.6 is 23.4 Å². The minimum atomic E-state index is 0.351. The normalized spacial score (nSPS) is 10.9. The van der Waals surface area contributed by atoms with Gasteiger partial charge in [0.1, 0.15) is 11.6 Å². The zero-order valence-electron chi connectivity index (χ0n) is 10.9. The molecule has 2 rings (SSSR count). The number of nitrogens with zero attached hydrogens (tertiary/aromatic N) is 2. The van der Waals surface area contributed by atoms with Crippen LogP contribution in [0, 0.1) is 0 Å². The number of benzene rings is 1. The lowest BCUT2D eigenvalue weighted by Gasteiger charge is -2.08. The van der Waals surface area contributed by atoms with Crippen molar-refractivity contribution in [3.05, 3.63) is 46.9 Å². The molecular weight excluding hydrogens is 278 g/mol. The molecule has 0 saturated heterocycles. The Morgan fingerprint density at radius 1 is 1.21 bits per heavy atom. The van der Waals surface area contributed by atoms with Gasteiger partial charge in [-0.05, 0) is 30.2 Å². The van der Waals surface area contributed by atoms with E-state index >= 15 is 0 Å². The van der Waals surface area contributed by atoms with Crippen LogP contribution in [0.3, 0.4) is 0 Å². The largest absolute Gasteiger partial charge is 0.384 e. The third-order valence-electron chi connectivity index (χ3n) is 2.59. The number of hydrogen-bond acceptors (Lipinski definition) is 4. The highest BCUT2D eigenvalue weighted by molar-refractivity contribution is 7.98. The molecule has 1 aromatic heterocycles. The van der Waals surface area contributed by atoms with Crippen molar-refractivity contribution in [3.63, 3.8) is 0 Å². The molecule has 19 heavy (non-hydrogen) atoms. The lowest BCUT2D eigenvalue weighted by molar-refractivity contribution is 0.801. The van der Waals surface area contributed by atoms with Crippen LogP contribution in [0.25, 0.3) is 0 Å². The molecule has 5 heteroatoms. The van der Waals surface area contributed by atoms with Crippen molar-refractivity contribution < 1.29 is 0 Å². The van der Waals surface area contributed by atoms with E-state index in [0.717, 1.165) is 21.4 Å². The van der Waals surface area contributed by atoms with Crippen molar-refractivity contribution in [1.82, 2.24) is 9.97 Å². The van der Waals surface area contributed by atoms with Crippen molar-refractivity contribution in [2.24, 2.45) is 0 Å². The standard InChI is InChI=1S/C14H16ClN3S/c1-9(2)12-7-13(16)18-14(17-12)8-19-11-5-3-10(15)4-6-11/h3-7,9H,8H2,1-2H3,(H2,16,17,18). The van der Waals surface area contributed by atoms with E-state index in [1.807, 2.05) is 30.3 Å². The molecule has 0 aliphatic carbocycles. The van der Waals surface area contributed by atoms with Gasteiger partial charge in [0.05, 0.1) is 5.75 Å². The molecule has 0 unspecified atom stereocenters. The second-order valence-corrected chi connectivity index (χ2v) is 6.02. The topological polar surface area (TPSA) is 51.8 Å². The third-order valence-corrected chi connectivity index (χ3v) is 3.85. The van der Waals surface area contributed by atoms with Crippen molar-refractivity contribution in [1.29, 1.82) is 0 Å². The van der Waals surface area contributed by atoms with Gasteiger partial charge in [-0.3, -0.25) is 0 Å². The van der Waals surface area contributed by atoms with Gasteiger partial charge in [0, 0.05) is 21.7 Å². The summed E-state index contributed by atoms with van der Waals surface area (Å²) in [7, 11) is 0. The first kappa shape index (κ1) is 14.2. The van der Waals surface area contributed by atoms with E-state index in [4.69, 9.17) is 17.3 Å². The Bertz CT molecular complexity index is 555. The summed E-state index contributed by atoms with van der Waals surface area (Å²) >= 11 is 7.53. The number of nitrogen functional groups attached to an aromatic ring is 1. The van der Waals surface area contributed by atoms with Gasteiger partial charge in [0.25, 0.3) is 0 Å². The lowest BCUT2D eigenvalue weighted by atomic mass is 10.1. The molecular formula is C14H16ClN3S. The van der Waals surface area contributed by atoms with Crippen molar-refractivity contribution in [2.75, 3.05) is 5.73 Å². The molecule has 0 aliphatic heterocycles. The maximum Gasteiger partial charge on any atom is 0.141 e. The highest BCUT2D eigenvalue weighted by Gasteiger charge is 2.06. The van der Waals surface area contributed by atoms with E-state index in [2.05, 4.69) is 23.8 Å². The molecule has 2 N–H and O–H groups in total. The Kier molecular flexibility index (Phi) is 4.66. The summed E-state index contributed by atoms with van der Waals surface area (Å²) in [5.41, 5.74) is 6.79. The van der Waals surface area contributed by atoms with E-state index in [0.29, 0.717) is 17.5 Å². The molecule has 0 saturated carbocycles. The molecule has 0 bridgehead atoms. The molecule has 1 aromatic carbocycles. The summed E-state index contributed by atoms with van der Waals surface area (Å²) in [4.78, 5) is 9.94. The Morgan fingerprint density at radius 3 is 2.53 bits per heavy atom. The first-order valence-corrected chi connectivity index (χ1v) is 7.42. The smallest absolute Gasteiger partial charge is 0.141 e. The Hall–Kier alpha value is -1.26. The summed E-state index contributed by atoms with van der Waals surface area (Å²) in [6.45, 7) is 4.19. The molecule has 1 heterocycles. The number of rotatable bonds is 4. The predicted molar refractivity (Wildman–Crippen MR) is 81.5 cm³/mol. The molecule has 2 aromatic rings. The second kappa shape index (κ2) is 6.26. The van der Waals surface area contributed by atoms with Crippen LogP contribution in [0.5, 0.6) is 0 Å². The Morgan fingerprint density at radius 2 is 1.89 bits per heavy atom. The highest BCUT2D eigenvalue weighted by atomic mass is 35.5. The highest BCUT2D eigenvalue weighted by Crippen LogP contribution is 2.24. The van der Waals surface area contributed by atoms with Gasteiger partial charge in [0.15, 0.2) is 0 Å². The van der Waals surface area contributed by atoms with Gasteiger partial charge >= 0.3 is 0 Å². The van der Waals surface area contributed by atoms with Gasteiger partial charge in [-0.25, -0.2) is 9.97 Å². The van der Waals surface area contributed by atoms with Crippen LogP contribution in [-0.2, 0) is 5.75 Å². The molecule has 0 aliphatic rings. The fraction of sp³-hybridized carbons (Fsp3) is 0.286. The first-order valence-electron chi connectivity index (χ1n) is 6.06. The van der Waals surface area contributed by atoms with Crippen molar-refractivity contribution >= 4 is 29.2 Å². The summed E-state index contributed by atoms with van der Waals surface area (Å²) < 4.78 is 0. The van der Waals surface area contributed by atoms with Gasteiger partial charge in [0.2, 0.25) is 0 Å². The summed E-state index contributed by atoms with van der Waals surface area (Å²) in [5, 5.41) is 0.742. The van der Waals surface area contributed by atoms with E-state index in [1.54, 1.807) is 11.8 Å². The van der Waals surface area contributed by atoms with Crippen molar-refractivity contribution in [2.45, 2.75) is 30.4 Å². The van der Waals surface area contributed by atoms with Crippen LogP contribution in [0.15, 0.2) is 35.2 Å². The van der Waals surface area contributed by atoms with Gasteiger partial charge < -0.3 is 5.73 Å². The van der Waals surface area contributed by atoms with E-state index in [9.17, 15) is 0 Å². The number of thioether (sulfide) groups is 1. The van der Waals surface area contributed by atoms with Crippen LogP contribution in [-0.4, -0.2) is 9.97 Å². The Labute approximate surface area is 122 Å². The minimum absolute atomic E-state index is 0.351. The summed E-state index contributed by atoms with van der Waals surface area (Å²) in [5.74, 6) is 2.35. The fourth-order valence-corrected chi connectivity index (χ4v) is 2.46. The second-order valence-electron chi connectivity index (χ2n) is 4.53. The maximum absolute atomic E-state index is 5.85. The number of aromatic nitrogens is 2. The molecule has 0 spiro atoms. The molecule has 0 fully saturated rings. The van der Waals surface area contributed by atoms with E-state index in [1.165, 1.54) is 0 Å². The zero-order chi connectivity index (χ0) is 13.8. The summed E-state index contributed by atoms with van der Waals surface area (Å²) in [6.07, 6.45) is 0. The monoisotopic (exact) mass is 293 g/mol. The minimum Gasteiger partial charge on any atom is -0.384 e.